The van der Waals surface area contributed by atoms with E-state index in [9.17, 15) is 0 Å². The molecule has 0 saturated carbocycles. The molecule has 4 N–H and O–H groups in total. The number of allylic oxidation sites excluding steroid dienone is 1. The third-order valence-corrected chi connectivity index (χ3v) is 3.15. The van der Waals surface area contributed by atoms with Crippen molar-refractivity contribution in [3.8, 4) is 0 Å². The van der Waals surface area contributed by atoms with Gasteiger partial charge in [0.2, 0.25) is 0 Å². The molecule has 0 unspecified atom stereocenters. The molecule has 0 aliphatic carbocycles. The minimum Gasteiger partial charge on any atom is -0.353 e. The molecular formula is C16H25N3S. The van der Waals surface area contributed by atoms with Gasteiger partial charge in [0.15, 0.2) is 0 Å². The number of aromatic amines is 2. The standard InChI is InChI=1S/C13H14N2S.C2H6.CH5N/c1-3-7-11-10(4-2)15-16-13-9-6-5-8-12(13)14-11;2*1-2/h3-9,14-15H,2H2,1H3;1-2H3;2H2,1H3/b7-3-;;. The number of nitrogens with one attached hydrogen (secondary N) is 2. The maximum atomic E-state index is 4.50. The fraction of sp³-hybridized carbons (Fsp3) is 0.250. The molecule has 2 aromatic rings. The Bertz CT molecular complexity index is 571. The molecule has 1 heterocycles. The van der Waals surface area contributed by atoms with Crippen molar-refractivity contribution in [3.63, 3.8) is 0 Å². The molecule has 0 aliphatic rings. The number of nitrogens with two attached hydrogens (primary N) is 1. The van der Waals surface area contributed by atoms with Crippen LogP contribution in [-0.4, -0.2) is 16.4 Å². The van der Waals surface area contributed by atoms with Crippen LogP contribution in [0.4, 0.5) is 0 Å². The average Bonchev–Trinajstić information content (AvgIpc) is 2.70. The molecular weight excluding hydrogens is 266 g/mol. The lowest BCUT2D eigenvalue weighted by Gasteiger charge is -1.95. The van der Waals surface area contributed by atoms with Gasteiger partial charge >= 0.3 is 0 Å². The highest BCUT2D eigenvalue weighted by atomic mass is 32.1. The zero-order chi connectivity index (χ0) is 15.4. The molecule has 0 bridgehead atoms. The first kappa shape index (κ1) is 18.2. The predicted molar refractivity (Wildman–Crippen MR) is 94.4 cm³/mol. The van der Waals surface area contributed by atoms with Crippen LogP contribution < -0.4 is 5.73 Å². The lowest BCUT2D eigenvalue weighted by molar-refractivity contribution is 1.32. The normalized spacial score (nSPS) is 9.25. The molecule has 3 nitrogen and oxygen atoms in total. The minimum atomic E-state index is 0.999. The van der Waals surface area contributed by atoms with Gasteiger partial charge < -0.3 is 15.1 Å². The zero-order valence-electron chi connectivity index (χ0n) is 12.7. The summed E-state index contributed by atoms with van der Waals surface area (Å²) < 4.78 is 4.47. The molecule has 0 radical (unpaired) electrons. The molecule has 110 valence electrons. The quantitative estimate of drug-likeness (QED) is 0.719. The van der Waals surface area contributed by atoms with Crippen LogP contribution in [-0.2, 0) is 0 Å². The van der Waals surface area contributed by atoms with Gasteiger partial charge in [-0.1, -0.05) is 50.2 Å². The van der Waals surface area contributed by atoms with Crippen molar-refractivity contribution in [2.24, 2.45) is 5.73 Å². The molecule has 1 aromatic heterocycles. The summed E-state index contributed by atoms with van der Waals surface area (Å²) in [6.45, 7) is 9.81. The summed E-state index contributed by atoms with van der Waals surface area (Å²) in [5.74, 6) is 0. The van der Waals surface area contributed by atoms with E-state index in [-0.39, 0.29) is 0 Å². The Balaban J connectivity index is 0.000000829. The fourth-order valence-electron chi connectivity index (χ4n) is 1.49. The van der Waals surface area contributed by atoms with E-state index in [2.05, 4.69) is 33.8 Å². The second-order valence-electron chi connectivity index (χ2n) is 3.36. The van der Waals surface area contributed by atoms with Crippen LogP contribution in [0.15, 0.2) is 36.9 Å². The zero-order valence-corrected chi connectivity index (χ0v) is 13.6. The number of aromatic nitrogens is 2. The SMILES string of the molecule is C=Cc1[nH]sc2ccccc2[nH]c1/C=C\C.CC.CN. The first-order chi connectivity index (χ1) is 9.85. The van der Waals surface area contributed by atoms with Gasteiger partial charge in [-0.3, -0.25) is 0 Å². The van der Waals surface area contributed by atoms with E-state index in [0.717, 1.165) is 16.9 Å². The summed E-state index contributed by atoms with van der Waals surface area (Å²) in [5, 5.41) is 0. The van der Waals surface area contributed by atoms with E-state index < -0.39 is 0 Å². The van der Waals surface area contributed by atoms with Gasteiger partial charge in [-0.2, -0.15) is 0 Å². The van der Waals surface area contributed by atoms with Gasteiger partial charge in [0.1, 0.15) is 0 Å². The average molecular weight is 291 g/mol. The molecule has 0 fully saturated rings. The van der Waals surface area contributed by atoms with E-state index in [0.29, 0.717) is 0 Å². The van der Waals surface area contributed by atoms with Crippen LogP contribution in [0.25, 0.3) is 22.4 Å². The van der Waals surface area contributed by atoms with Crippen molar-refractivity contribution in [3.05, 3.63) is 48.3 Å². The number of hydrogen-bond acceptors (Lipinski definition) is 2. The highest BCUT2D eigenvalue weighted by molar-refractivity contribution is 7.12. The van der Waals surface area contributed by atoms with Crippen molar-refractivity contribution < 1.29 is 0 Å². The smallest absolute Gasteiger partial charge is 0.0706 e. The maximum Gasteiger partial charge on any atom is 0.0706 e. The van der Waals surface area contributed by atoms with Gasteiger partial charge in [0.05, 0.1) is 21.6 Å². The highest BCUT2D eigenvalue weighted by Gasteiger charge is 1.96. The van der Waals surface area contributed by atoms with Gasteiger partial charge in [-0.15, -0.1) is 0 Å². The van der Waals surface area contributed by atoms with Crippen LogP contribution in [0.1, 0.15) is 32.2 Å². The predicted octanol–water partition coefficient (Wildman–Crippen LogP) is 4.96. The molecule has 0 amide bonds. The second kappa shape index (κ2) is 11.1. The molecule has 0 aliphatic heterocycles. The van der Waals surface area contributed by atoms with E-state index in [1.165, 1.54) is 11.7 Å². The Morgan fingerprint density at radius 1 is 1.15 bits per heavy atom. The third kappa shape index (κ3) is 5.07. The summed E-state index contributed by atoms with van der Waals surface area (Å²) >= 11 is 1.60. The summed E-state index contributed by atoms with van der Waals surface area (Å²) in [4.78, 5) is 3.40. The van der Waals surface area contributed by atoms with Crippen molar-refractivity contribution in [1.29, 1.82) is 0 Å². The number of para-hydroxylation sites is 1. The number of fused-ring (bicyclic) bond motifs is 1. The Morgan fingerprint density at radius 3 is 2.40 bits per heavy atom. The molecule has 20 heavy (non-hydrogen) atoms. The number of H-pyrrole nitrogens is 2. The van der Waals surface area contributed by atoms with Crippen molar-refractivity contribution in [2.45, 2.75) is 20.8 Å². The van der Waals surface area contributed by atoms with Crippen LogP contribution in [0.5, 0.6) is 0 Å². The van der Waals surface area contributed by atoms with Crippen LogP contribution in [0, 0.1) is 0 Å². The first-order valence-electron chi connectivity index (χ1n) is 6.71. The minimum absolute atomic E-state index is 0.999. The van der Waals surface area contributed by atoms with E-state index in [1.54, 1.807) is 11.5 Å². The Kier molecular flexibility index (Phi) is 10.1. The molecule has 1 aromatic carbocycles. The van der Waals surface area contributed by atoms with Crippen molar-refractivity contribution in [2.75, 3.05) is 7.05 Å². The molecule has 4 heteroatoms. The maximum absolute atomic E-state index is 4.50. The van der Waals surface area contributed by atoms with Crippen LogP contribution >= 0.6 is 11.5 Å². The lowest BCUT2D eigenvalue weighted by Crippen LogP contribution is -1.82. The Labute approximate surface area is 125 Å². The Hall–Kier alpha value is -1.78. The van der Waals surface area contributed by atoms with Crippen molar-refractivity contribution >= 4 is 33.9 Å². The summed E-state index contributed by atoms with van der Waals surface area (Å²) in [5.41, 5.74) is 7.65. The van der Waals surface area contributed by atoms with Gasteiger partial charge in [-0.05, 0) is 38.3 Å². The highest BCUT2D eigenvalue weighted by Crippen LogP contribution is 2.17. The summed E-state index contributed by atoms with van der Waals surface area (Å²) in [6, 6.07) is 8.21. The fourth-order valence-corrected chi connectivity index (χ4v) is 2.27. The number of benzene rings is 1. The van der Waals surface area contributed by atoms with Gasteiger partial charge in [-0.25, -0.2) is 0 Å². The number of hydrogen-bond donors (Lipinski definition) is 3. The largest absolute Gasteiger partial charge is 0.353 e. The molecule has 2 rings (SSSR count). The second-order valence-corrected chi connectivity index (χ2v) is 4.20. The topological polar surface area (TPSA) is 57.6 Å². The van der Waals surface area contributed by atoms with E-state index in [4.69, 9.17) is 0 Å². The molecule has 0 atom stereocenters. The van der Waals surface area contributed by atoms with Gasteiger partial charge in [0.25, 0.3) is 0 Å². The summed E-state index contributed by atoms with van der Waals surface area (Å²) in [7, 11) is 1.50. The third-order valence-electron chi connectivity index (χ3n) is 2.25. The molecule has 0 spiro atoms. The van der Waals surface area contributed by atoms with Crippen molar-refractivity contribution in [1.82, 2.24) is 9.36 Å². The monoisotopic (exact) mass is 291 g/mol. The van der Waals surface area contributed by atoms with E-state index in [1.807, 2.05) is 51.1 Å². The summed E-state index contributed by atoms with van der Waals surface area (Å²) in [6.07, 6.45) is 5.86. The lowest BCUT2D eigenvalue weighted by atomic mass is 10.3. The van der Waals surface area contributed by atoms with Crippen LogP contribution in [0.3, 0.4) is 0 Å². The number of rotatable bonds is 2. The van der Waals surface area contributed by atoms with Crippen LogP contribution in [0.2, 0.25) is 0 Å². The van der Waals surface area contributed by atoms with E-state index >= 15 is 0 Å². The van der Waals surface area contributed by atoms with Gasteiger partial charge in [0, 0.05) is 0 Å². The first-order valence-corrected chi connectivity index (χ1v) is 7.53. The molecule has 0 saturated heterocycles. The Morgan fingerprint density at radius 2 is 1.80 bits per heavy atom.